The van der Waals surface area contributed by atoms with Crippen LogP contribution in [0.1, 0.15) is 42.9 Å². The second-order valence-corrected chi connectivity index (χ2v) is 4.74. The fourth-order valence-electron chi connectivity index (χ4n) is 2.28. The Balaban J connectivity index is 2.54. The number of aliphatic carboxylic acids is 1. The zero-order chi connectivity index (χ0) is 14.7. The number of fused-ring (bicyclic) bond motifs is 1. The highest BCUT2D eigenvalue weighted by atomic mass is 16.4. The summed E-state index contributed by atoms with van der Waals surface area (Å²) >= 11 is 0. The van der Waals surface area contributed by atoms with Gasteiger partial charge in [-0.2, -0.15) is 0 Å². The average molecular weight is 274 g/mol. The average Bonchev–Trinajstić information content (AvgIpc) is 2.75. The van der Waals surface area contributed by atoms with Gasteiger partial charge in [-0.1, -0.05) is 13.8 Å². The minimum absolute atomic E-state index is 0.0664. The summed E-state index contributed by atoms with van der Waals surface area (Å²) in [5, 5.41) is 9.02. The number of benzene rings is 1. The molecule has 0 amide bonds. The third-order valence-electron chi connectivity index (χ3n) is 3.24. The Hall–Kier alpha value is -2.17. The van der Waals surface area contributed by atoms with E-state index in [1.165, 1.54) is 0 Å². The topological polar surface area (TPSA) is 72.2 Å². The van der Waals surface area contributed by atoms with E-state index in [0.29, 0.717) is 17.5 Å². The minimum Gasteiger partial charge on any atom is -0.480 e. The first-order chi connectivity index (χ1) is 9.56. The molecule has 106 valence electrons. The SMILES string of the molecule is CCCc1nc2cc(C(=O)CC)ccc2n1CC(=O)O. The Morgan fingerprint density at radius 2 is 2.05 bits per heavy atom. The maximum Gasteiger partial charge on any atom is 0.323 e. The third kappa shape index (κ3) is 2.71. The van der Waals surface area contributed by atoms with Gasteiger partial charge in [0.2, 0.25) is 0 Å². The standard InChI is InChI=1S/C15H18N2O3/c1-3-5-14-16-11-8-10(13(18)4-2)6-7-12(11)17(14)9-15(19)20/h6-8H,3-5,9H2,1-2H3,(H,19,20). The lowest BCUT2D eigenvalue weighted by Gasteiger charge is -2.05. The van der Waals surface area contributed by atoms with Gasteiger partial charge in [-0.15, -0.1) is 0 Å². The van der Waals surface area contributed by atoms with Crippen LogP contribution < -0.4 is 0 Å². The molecule has 0 spiro atoms. The van der Waals surface area contributed by atoms with Crippen molar-refractivity contribution in [3.05, 3.63) is 29.6 Å². The van der Waals surface area contributed by atoms with Crippen molar-refractivity contribution >= 4 is 22.8 Å². The molecule has 0 saturated heterocycles. The summed E-state index contributed by atoms with van der Waals surface area (Å²) in [4.78, 5) is 27.2. The van der Waals surface area contributed by atoms with Gasteiger partial charge in [0.1, 0.15) is 12.4 Å². The van der Waals surface area contributed by atoms with Crippen molar-refractivity contribution in [3.8, 4) is 0 Å². The molecule has 0 unspecified atom stereocenters. The van der Waals surface area contributed by atoms with E-state index >= 15 is 0 Å². The van der Waals surface area contributed by atoms with Crippen LogP contribution in [0.2, 0.25) is 0 Å². The highest BCUT2D eigenvalue weighted by molar-refractivity contribution is 5.98. The number of ketones is 1. The van der Waals surface area contributed by atoms with Gasteiger partial charge >= 0.3 is 5.97 Å². The van der Waals surface area contributed by atoms with E-state index < -0.39 is 5.97 Å². The van der Waals surface area contributed by atoms with Crippen LogP contribution in [0.15, 0.2) is 18.2 Å². The quantitative estimate of drug-likeness (QED) is 0.822. The molecular weight excluding hydrogens is 256 g/mol. The van der Waals surface area contributed by atoms with Crippen LogP contribution in [0, 0.1) is 0 Å². The van der Waals surface area contributed by atoms with Crippen LogP contribution >= 0.6 is 0 Å². The van der Waals surface area contributed by atoms with Crippen molar-refractivity contribution in [2.45, 2.75) is 39.7 Å². The van der Waals surface area contributed by atoms with Crippen molar-refractivity contribution in [3.63, 3.8) is 0 Å². The molecular formula is C15H18N2O3. The molecule has 1 aromatic carbocycles. The number of imidazole rings is 1. The molecule has 0 saturated carbocycles. The normalized spacial score (nSPS) is 10.9. The largest absolute Gasteiger partial charge is 0.480 e. The first kappa shape index (κ1) is 14.2. The molecule has 5 heteroatoms. The number of carbonyl (C=O) groups is 2. The summed E-state index contributed by atoms with van der Waals surface area (Å²) in [7, 11) is 0. The molecule has 1 aromatic heterocycles. The highest BCUT2D eigenvalue weighted by Gasteiger charge is 2.14. The summed E-state index contributed by atoms with van der Waals surface area (Å²) in [6, 6.07) is 5.27. The monoisotopic (exact) mass is 274 g/mol. The zero-order valence-corrected chi connectivity index (χ0v) is 11.7. The molecule has 2 rings (SSSR count). The van der Waals surface area contributed by atoms with E-state index in [-0.39, 0.29) is 12.3 Å². The van der Waals surface area contributed by atoms with Gasteiger partial charge in [0.25, 0.3) is 0 Å². The lowest BCUT2D eigenvalue weighted by molar-refractivity contribution is -0.137. The molecule has 0 aliphatic carbocycles. The summed E-state index contributed by atoms with van der Waals surface area (Å²) in [6.45, 7) is 3.74. The van der Waals surface area contributed by atoms with Crippen LogP contribution in [-0.4, -0.2) is 26.4 Å². The molecule has 0 fully saturated rings. The third-order valence-corrected chi connectivity index (χ3v) is 3.24. The molecule has 1 N–H and O–H groups in total. The predicted octanol–water partition coefficient (Wildman–Crippen LogP) is 2.67. The van der Waals surface area contributed by atoms with Gasteiger partial charge < -0.3 is 9.67 Å². The van der Waals surface area contributed by atoms with Crippen molar-refractivity contribution in [1.82, 2.24) is 9.55 Å². The fourth-order valence-corrected chi connectivity index (χ4v) is 2.28. The van der Waals surface area contributed by atoms with Crippen LogP contribution in [0.3, 0.4) is 0 Å². The first-order valence-electron chi connectivity index (χ1n) is 6.81. The van der Waals surface area contributed by atoms with E-state index in [2.05, 4.69) is 4.98 Å². The molecule has 2 aromatic rings. The molecule has 20 heavy (non-hydrogen) atoms. The van der Waals surface area contributed by atoms with Crippen molar-refractivity contribution in [1.29, 1.82) is 0 Å². The number of hydrogen-bond acceptors (Lipinski definition) is 3. The van der Waals surface area contributed by atoms with Gasteiger partial charge in [0.05, 0.1) is 11.0 Å². The van der Waals surface area contributed by atoms with Gasteiger partial charge in [-0.3, -0.25) is 9.59 Å². The summed E-state index contributed by atoms with van der Waals surface area (Å²) in [6.07, 6.45) is 2.06. The molecule has 0 aliphatic heterocycles. The number of carboxylic acids is 1. The lowest BCUT2D eigenvalue weighted by Crippen LogP contribution is -2.11. The number of hydrogen-bond donors (Lipinski definition) is 1. The molecule has 0 radical (unpaired) electrons. The number of carboxylic acid groups (broad SMARTS) is 1. The maximum atomic E-state index is 11.7. The Bertz CT molecular complexity index is 658. The lowest BCUT2D eigenvalue weighted by atomic mass is 10.1. The number of rotatable bonds is 6. The van der Waals surface area contributed by atoms with E-state index in [1.807, 2.05) is 13.8 Å². The number of aryl methyl sites for hydroxylation is 1. The van der Waals surface area contributed by atoms with Crippen molar-refractivity contribution in [2.24, 2.45) is 0 Å². The highest BCUT2D eigenvalue weighted by Crippen LogP contribution is 2.20. The molecule has 1 heterocycles. The summed E-state index contributed by atoms with van der Waals surface area (Å²) in [5.74, 6) is -0.0712. The fraction of sp³-hybridized carbons (Fsp3) is 0.400. The second-order valence-electron chi connectivity index (χ2n) is 4.74. The second kappa shape index (κ2) is 5.86. The number of Topliss-reactive ketones (excluding diaryl/α,β-unsaturated/α-hetero) is 1. The minimum atomic E-state index is -0.893. The first-order valence-corrected chi connectivity index (χ1v) is 6.81. The molecule has 0 aliphatic rings. The Kier molecular flexibility index (Phi) is 4.17. The zero-order valence-electron chi connectivity index (χ0n) is 11.7. The maximum absolute atomic E-state index is 11.7. The van der Waals surface area contributed by atoms with Gasteiger partial charge in [-0.05, 0) is 24.6 Å². The van der Waals surface area contributed by atoms with E-state index in [1.54, 1.807) is 22.8 Å². The van der Waals surface area contributed by atoms with E-state index in [9.17, 15) is 9.59 Å². The predicted molar refractivity (Wildman–Crippen MR) is 76.0 cm³/mol. The Morgan fingerprint density at radius 1 is 1.30 bits per heavy atom. The number of nitrogens with zero attached hydrogens (tertiary/aromatic N) is 2. The van der Waals surface area contributed by atoms with Gasteiger partial charge in [-0.25, -0.2) is 4.98 Å². The summed E-state index contributed by atoms with van der Waals surface area (Å²) < 4.78 is 1.71. The summed E-state index contributed by atoms with van der Waals surface area (Å²) in [5.41, 5.74) is 2.08. The van der Waals surface area contributed by atoms with Crippen LogP contribution in [-0.2, 0) is 17.8 Å². The number of carbonyl (C=O) groups excluding carboxylic acids is 1. The molecule has 0 atom stereocenters. The van der Waals surface area contributed by atoms with Gasteiger partial charge in [0, 0.05) is 18.4 Å². The van der Waals surface area contributed by atoms with E-state index in [4.69, 9.17) is 5.11 Å². The van der Waals surface area contributed by atoms with Crippen LogP contribution in [0.4, 0.5) is 0 Å². The van der Waals surface area contributed by atoms with E-state index in [0.717, 1.165) is 24.2 Å². The molecule has 5 nitrogen and oxygen atoms in total. The van der Waals surface area contributed by atoms with Crippen LogP contribution in [0.5, 0.6) is 0 Å². The smallest absolute Gasteiger partial charge is 0.323 e. The van der Waals surface area contributed by atoms with Gasteiger partial charge in [0.15, 0.2) is 5.78 Å². The number of aromatic nitrogens is 2. The Labute approximate surface area is 117 Å². The van der Waals surface area contributed by atoms with Crippen LogP contribution in [0.25, 0.3) is 11.0 Å². The van der Waals surface area contributed by atoms with Crippen molar-refractivity contribution < 1.29 is 14.7 Å². The van der Waals surface area contributed by atoms with Crippen molar-refractivity contribution in [2.75, 3.05) is 0 Å². The Morgan fingerprint density at radius 3 is 2.65 bits per heavy atom. The molecule has 0 bridgehead atoms.